The molecular weight excluding hydrogens is 226 g/mol. The number of rotatable bonds is 7. The molecular formula is C13H25N5. The molecule has 0 fully saturated rings. The Kier molecular flexibility index (Phi) is 5.85. The summed E-state index contributed by atoms with van der Waals surface area (Å²) in [7, 11) is 0. The molecule has 0 aliphatic heterocycles. The fraction of sp³-hybridized carbons (Fsp3) is 0.692. The number of aryl methyl sites for hydroxylation is 1. The van der Waals surface area contributed by atoms with Gasteiger partial charge in [0.05, 0.1) is 0 Å². The van der Waals surface area contributed by atoms with Crippen molar-refractivity contribution in [3.8, 4) is 0 Å². The van der Waals surface area contributed by atoms with E-state index in [0.29, 0.717) is 12.0 Å². The average Bonchev–Trinajstić information content (AvgIpc) is 2.38. The van der Waals surface area contributed by atoms with Crippen molar-refractivity contribution in [2.24, 2.45) is 5.84 Å². The smallest absolute Gasteiger partial charge is 0.239 e. The van der Waals surface area contributed by atoms with E-state index < -0.39 is 0 Å². The van der Waals surface area contributed by atoms with Crippen LogP contribution in [0, 0.1) is 6.92 Å². The molecule has 0 saturated carbocycles. The first-order valence-electron chi connectivity index (χ1n) is 6.71. The van der Waals surface area contributed by atoms with Crippen LogP contribution in [0.4, 0.5) is 11.8 Å². The van der Waals surface area contributed by atoms with Crippen LogP contribution in [-0.2, 0) is 0 Å². The first-order chi connectivity index (χ1) is 8.62. The molecule has 1 unspecified atom stereocenters. The van der Waals surface area contributed by atoms with Crippen molar-refractivity contribution >= 4 is 11.8 Å². The third kappa shape index (κ3) is 3.84. The van der Waals surface area contributed by atoms with Crippen LogP contribution in [0.3, 0.4) is 0 Å². The van der Waals surface area contributed by atoms with E-state index in [1.165, 1.54) is 12.8 Å². The maximum Gasteiger partial charge on any atom is 0.239 e. The summed E-state index contributed by atoms with van der Waals surface area (Å²) in [4.78, 5) is 11.0. The summed E-state index contributed by atoms with van der Waals surface area (Å²) in [6.45, 7) is 9.60. The number of anilines is 2. The fourth-order valence-electron chi connectivity index (χ4n) is 1.87. The van der Waals surface area contributed by atoms with Gasteiger partial charge >= 0.3 is 0 Å². The van der Waals surface area contributed by atoms with Crippen LogP contribution >= 0.6 is 0 Å². The minimum absolute atomic E-state index is 0.469. The van der Waals surface area contributed by atoms with Gasteiger partial charge in [-0.3, -0.25) is 5.43 Å². The summed E-state index contributed by atoms with van der Waals surface area (Å²) in [6.07, 6.45) is 3.44. The van der Waals surface area contributed by atoms with E-state index in [0.717, 1.165) is 24.5 Å². The van der Waals surface area contributed by atoms with Gasteiger partial charge in [0, 0.05) is 24.3 Å². The molecule has 0 amide bonds. The van der Waals surface area contributed by atoms with Crippen LogP contribution in [0.1, 0.15) is 45.7 Å². The Morgan fingerprint density at radius 3 is 2.67 bits per heavy atom. The van der Waals surface area contributed by atoms with Crippen molar-refractivity contribution in [2.45, 2.75) is 53.0 Å². The van der Waals surface area contributed by atoms with Crippen molar-refractivity contribution < 1.29 is 0 Å². The van der Waals surface area contributed by atoms with Gasteiger partial charge in [-0.1, -0.05) is 20.3 Å². The molecule has 0 spiro atoms. The molecule has 1 atom stereocenters. The van der Waals surface area contributed by atoms with E-state index in [2.05, 4.69) is 41.1 Å². The van der Waals surface area contributed by atoms with E-state index in [1.54, 1.807) is 0 Å². The van der Waals surface area contributed by atoms with Crippen molar-refractivity contribution in [1.82, 2.24) is 9.97 Å². The molecule has 0 bridgehead atoms. The summed E-state index contributed by atoms with van der Waals surface area (Å²) >= 11 is 0. The lowest BCUT2D eigenvalue weighted by molar-refractivity contribution is 0.589. The molecule has 0 aliphatic carbocycles. The first-order valence-corrected chi connectivity index (χ1v) is 6.71. The number of nitrogens with one attached hydrogen (secondary N) is 1. The number of nitrogen functional groups attached to an aromatic ring is 1. The van der Waals surface area contributed by atoms with Gasteiger partial charge in [-0.05, 0) is 26.7 Å². The average molecular weight is 251 g/mol. The molecule has 1 aromatic heterocycles. The van der Waals surface area contributed by atoms with Gasteiger partial charge < -0.3 is 4.90 Å². The van der Waals surface area contributed by atoms with E-state index >= 15 is 0 Å². The minimum Gasteiger partial charge on any atom is -0.354 e. The lowest BCUT2D eigenvalue weighted by Crippen LogP contribution is -2.34. The Hall–Kier alpha value is -1.36. The molecule has 0 saturated heterocycles. The van der Waals surface area contributed by atoms with Gasteiger partial charge in [-0.15, -0.1) is 0 Å². The zero-order valence-electron chi connectivity index (χ0n) is 11.9. The third-order valence-corrected chi connectivity index (χ3v) is 3.14. The summed E-state index contributed by atoms with van der Waals surface area (Å²) in [6, 6.07) is 2.49. The number of hydrogen-bond donors (Lipinski definition) is 2. The Morgan fingerprint density at radius 2 is 2.11 bits per heavy atom. The number of hydrogen-bond acceptors (Lipinski definition) is 5. The largest absolute Gasteiger partial charge is 0.354 e. The second kappa shape index (κ2) is 7.16. The lowest BCUT2D eigenvalue weighted by atomic mass is 10.2. The highest BCUT2D eigenvalue weighted by Crippen LogP contribution is 2.19. The van der Waals surface area contributed by atoms with Crippen LogP contribution in [0.25, 0.3) is 0 Å². The van der Waals surface area contributed by atoms with E-state index in [9.17, 15) is 0 Å². The van der Waals surface area contributed by atoms with Gasteiger partial charge in [0.25, 0.3) is 0 Å². The minimum atomic E-state index is 0.469. The molecule has 0 aromatic carbocycles. The molecule has 3 N–H and O–H groups in total. The van der Waals surface area contributed by atoms with Crippen LogP contribution in [0.15, 0.2) is 6.07 Å². The fourth-order valence-corrected chi connectivity index (χ4v) is 1.87. The monoisotopic (exact) mass is 251 g/mol. The first kappa shape index (κ1) is 14.7. The number of nitrogens with two attached hydrogens (primary N) is 1. The molecule has 18 heavy (non-hydrogen) atoms. The van der Waals surface area contributed by atoms with Gasteiger partial charge in [-0.25, -0.2) is 10.8 Å². The molecule has 5 heteroatoms. The number of unbranched alkanes of at least 4 members (excludes halogenated alkanes) is 1. The van der Waals surface area contributed by atoms with E-state index in [1.807, 2.05) is 13.0 Å². The summed E-state index contributed by atoms with van der Waals surface area (Å²) in [5.74, 6) is 6.84. The highest BCUT2D eigenvalue weighted by Gasteiger charge is 2.15. The Bertz CT molecular complexity index is 366. The normalized spacial score (nSPS) is 12.3. The van der Waals surface area contributed by atoms with Crippen LogP contribution < -0.4 is 16.2 Å². The topological polar surface area (TPSA) is 67.1 Å². The van der Waals surface area contributed by atoms with Crippen molar-refractivity contribution in [3.05, 3.63) is 11.8 Å². The predicted octanol–water partition coefficient (Wildman–Crippen LogP) is 2.48. The van der Waals surface area contributed by atoms with Gasteiger partial charge in [0.15, 0.2) is 0 Å². The highest BCUT2D eigenvalue weighted by molar-refractivity contribution is 5.45. The van der Waals surface area contributed by atoms with E-state index in [-0.39, 0.29) is 0 Å². The zero-order valence-corrected chi connectivity index (χ0v) is 11.9. The SMILES string of the molecule is CCCCN(c1cc(C)nc(NN)n1)C(C)CC. The molecule has 102 valence electrons. The number of nitrogens with zero attached hydrogens (tertiary/aromatic N) is 3. The van der Waals surface area contributed by atoms with E-state index in [4.69, 9.17) is 5.84 Å². The second-order valence-electron chi connectivity index (χ2n) is 4.64. The van der Waals surface area contributed by atoms with Gasteiger partial charge in [0.2, 0.25) is 5.95 Å². The number of hydrazine groups is 1. The quantitative estimate of drug-likeness (QED) is 0.575. The van der Waals surface area contributed by atoms with Gasteiger partial charge in [-0.2, -0.15) is 4.98 Å². The van der Waals surface area contributed by atoms with Crippen molar-refractivity contribution in [2.75, 3.05) is 16.9 Å². The van der Waals surface area contributed by atoms with Crippen LogP contribution in [-0.4, -0.2) is 22.6 Å². The zero-order chi connectivity index (χ0) is 13.5. The van der Waals surface area contributed by atoms with Crippen LogP contribution in [0.2, 0.25) is 0 Å². The molecule has 1 heterocycles. The standard InChI is InChI=1S/C13H25N5/c1-5-7-8-18(11(4)6-2)12-9-10(3)15-13(16-12)17-14/h9,11H,5-8,14H2,1-4H3,(H,15,16,17). The maximum atomic E-state index is 5.40. The molecule has 5 nitrogen and oxygen atoms in total. The molecule has 1 rings (SSSR count). The van der Waals surface area contributed by atoms with Crippen molar-refractivity contribution in [1.29, 1.82) is 0 Å². The van der Waals surface area contributed by atoms with Crippen LogP contribution in [0.5, 0.6) is 0 Å². The predicted molar refractivity (Wildman–Crippen MR) is 76.6 cm³/mol. The Balaban J connectivity index is 2.99. The maximum absolute atomic E-state index is 5.40. The lowest BCUT2D eigenvalue weighted by Gasteiger charge is -2.30. The highest BCUT2D eigenvalue weighted by atomic mass is 15.3. The van der Waals surface area contributed by atoms with Gasteiger partial charge in [0.1, 0.15) is 5.82 Å². The van der Waals surface area contributed by atoms with Crippen molar-refractivity contribution in [3.63, 3.8) is 0 Å². The Morgan fingerprint density at radius 1 is 1.39 bits per heavy atom. The third-order valence-electron chi connectivity index (χ3n) is 3.14. The molecule has 0 radical (unpaired) electrons. The molecule has 1 aromatic rings. The summed E-state index contributed by atoms with van der Waals surface area (Å²) < 4.78 is 0. The second-order valence-corrected chi connectivity index (χ2v) is 4.64. The summed E-state index contributed by atoms with van der Waals surface area (Å²) in [5, 5.41) is 0. The number of aromatic nitrogens is 2. The summed E-state index contributed by atoms with van der Waals surface area (Å²) in [5.41, 5.74) is 3.46. The Labute approximate surface area is 110 Å². The molecule has 0 aliphatic rings.